The fraction of sp³-hybridized carbons (Fsp3) is 0.909. The maximum Gasteiger partial charge on any atom is 0.136 e. The van der Waals surface area contributed by atoms with Gasteiger partial charge in [0.15, 0.2) is 0 Å². The van der Waals surface area contributed by atoms with Crippen molar-refractivity contribution in [2.24, 2.45) is 11.8 Å². The number of Topliss-reactive ketones (excluding diaryl/α,β-unsaturated/α-hetero) is 1. The maximum absolute atomic E-state index is 11.7. The molecule has 0 radical (unpaired) electrons. The van der Waals surface area contributed by atoms with E-state index in [1.54, 1.807) is 7.11 Å². The van der Waals surface area contributed by atoms with Crippen LogP contribution in [-0.2, 0) is 14.3 Å². The first-order chi connectivity index (χ1) is 6.74. The fourth-order valence-electron chi connectivity index (χ4n) is 1.69. The Balaban J connectivity index is 2.18. The summed E-state index contributed by atoms with van der Waals surface area (Å²) < 4.78 is 10.2. The standard InChI is InChI=1S/C11H20O3/c1-9(3-5-13-2)11(12)7-10-4-6-14-8-10/h9-10H,3-8H2,1-2H3. The molecule has 0 amide bonds. The fourth-order valence-corrected chi connectivity index (χ4v) is 1.69. The SMILES string of the molecule is COCCC(C)C(=O)CC1CCOC1. The molecule has 1 aliphatic rings. The highest BCUT2D eigenvalue weighted by Gasteiger charge is 2.21. The van der Waals surface area contributed by atoms with Gasteiger partial charge in [-0.15, -0.1) is 0 Å². The van der Waals surface area contributed by atoms with Crippen LogP contribution in [-0.4, -0.2) is 32.7 Å². The number of hydrogen-bond acceptors (Lipinski definition) is 3. The second-order valence-electron chi connectivity index (χ2n) is 4.08. The quantitative estimate of drug-likeness (QED) is 0.654. The summed E-state index contributed by atoms with van der Waals surface area (Å²) in [6.45, 7) is 4.25. The normalized spacial score (nSPS) is 23.7. The molecule has 0 aromatic rings. The van der Waals surface area contributed by atoms with Crippen molar-refractivity contribution in [1.29, 1.82) is 0 Å². The summed E-state index contributed by atoms with van der Waals surface area (Å²) in [5, 5.41) is 0. The van der Waals surface area contributed by atoms with Crippen LogP contribution in [0.3, 0.4) is 0 Å². The van der Waals surface area contributed by atoms with E-state index in [4.69, 9.17) is 9.47 Å². The van der Waals surface area contributed by atoms with Crippen LogP contribution in [0, 0.1) is 11.8 Å². The Labute approximate surface area is 85.8 Å². The van der Waals surface area contributed by atoms with Gasteiger partial charge < -0.3 is 9.47 Å². The van der Waals surface area contributed by atoms with Crippen LogP contribution >= 0.6 is 0 Å². The third-order valence-electron chi connectivity index (χ3n) is 2.82. The monoisotopic (exact) mass is 200 g/mol. The summed E-state index contributed by atoms with van der Waals surface area (Å²) in [6.07, 6.45) is 2.57. The highest BCUT2D eigenvalue weighted by atomic mass is 16.5. The zero-order valence-electron chi connectivity index (χ0n) is 9.12. The molecule has 0 saturated carbocycles. The Morgan fingerprint density at radius 1 is 1.64 bits per heavy atom. The van der Waals surface area contributed by atoms with Crippen molar-refractivity contribution in [2.45, 2.75) is 26.2 Å². The minimum atomic E-state index is 0.135. The van der Waals surface area contributed by atoms with Gasteiger partial charge in [-0.2, -0.15) is 0 Å². The molecule has 2 atom stereocenters. The summed E-state index contributed by atoms with van der Waals surface area (Å²) in [5.41, 5.74) is 0. The smallest absolute Gasteiger partial charge is 0.136 e. The van der Waals surface area contributed by atoms with Gasteiger partial charge in [0.2, 0.25) is 0 Å². The second-order valence-corrected chi connectivity index (χ2v) is 4.08. The van der Waals surface area contributed by atoms with Crippen LogP contribution in [0.25, 0.3) is 0 Å². The molecule has 3 heteroatoms. The first kappa shape index (κ1) is 11.7. The average Bonchev–Trinajstić information content (AvgIpc) is 2.66. The van der Waals surface area contributed by atoms with E-state index in [0.717, 1.165) is 26.1 Å². The predicted octanol–water partition coefficient (Wildman–Crippen LogP) is 1.65. The Morgan fingerprint density at radius 3 is 3.00 bits per heavy atom. The number of rotatable bonds is 6. The summed E-state index contributed by atoms with van der Waals surface area (Å²) in [5.74, 6) is 0.959. The number of carbonyl (C=O) groups is 1. The molecule has 0 bridgehead atoms. The van der Waals surface area contributed by atoms with Crippen LogP contribution in [0.5, 0.6) is 0 Å². The van der Waals surface area contributed by atoms with Gasteiger partial charge in [-0.05, 0) is 18.8 Å². The second kappa shape index (κ2) is 6.14. The Morgan fingerprint density at radius 2 is 2.43 bits per heavy atom. The van der Waals surface area contributed by atoms with E-state index in [1.165, 1.54) is 0 Å². The Hall–Kier alpha value is -0.410. The lowest BCUT2D eigenvalue weighted by Crippen LogP contribution is -2.17. The molecule has 1 heterocycles. The van der Waals surface area contributed by atoms with Gasteiger partial charge in [0, 0.05) is 39.3 Å². The van der Waals surface area contributed by atoms with Crippen LogP contribution in [0.1, 0.15) is 26.2 Å². The van der Waals surface area contributed by atoms with Crippen molar-refractivity contribution in [2.75, 3.05) is 26.9 Å². The average molecular weight is 200 g/mol. The molecule has 1 rings (SSSR count). The minimum Gasteiger partial charge on any atom is -0.385 e. The van der Waals surface area contributed by atoms with E-state index in [9.17, 15) is 4.79 Å². The number of hydrogen-bond donors (Lipinski definition) is 0. The molecule has 0 aromatic heterocycles. The first-order valence-corrected chi connectivity index (χ1v) is 5.33. The molecule has 0 aliphatic carbocycles. The van der Waals surface area contributed by atoms with Crippen LogP contribution < -0.4 is 0 Å². The summed E-state index contributed by atoms with van der Waals surface area (Å²) >= 11 is 0. The lowest BCUT2D eigenvalue weighted by atomic mass is 9.93. The van der Waals surface area contributed by atoms with Crippen LogP contribution in [0.2, 0.25) is 0 Å². The Bertz CT molecular complexity index is 173. The summed E-state index contributed by atoms with van der Waals surface area (Å²) in [4.78, 5) is 11.7. The lowest BCUT2D eigenvalue weighted by Gasteiger charge is -2.12. The van der Waals surface area contributed by atoms with Gasteiger partial charge in [-0.3, -0.25) is 4.79 Å². The topological polar surface area (TPSA) is 35.5 Å². The molecule has 82 valence electrons. The Kier molecular flexibility index (Phi) is 5.12. The van der Waals surface area contributed by atoms with Gasteiger partial charge in [0.25, 0.3) is 0 Å². The van der Waals surface area contributed by atoms with Crippen molar-refractivity contribution < 1.29 is 14.3 Å². The number of methoxy groups -OCH3 is 1. The highest BCUT2D eigenvalue weighted by Crippen LogP contribution is 2.19. The van der Waals surface area contributed by atoms with E-state index in [0.29, 0.717) is 24.7 Å². The van der Waals surface area contributed by atoms with Crippen LogP contribution in [0.4, 0.5) is 0 Å². The largest absolute Gasteiger partial charge is 0.385 e. The van der Waals surface area contributed by atoms with Gasteiger partial charge in [0.1, 0.15) is 5.78 Å². The van der Waals surface area contributed by atoms with Crippen molar-refractivity contribution >= 4 is 5.78 Å². The minimum absolute atomic E-state index is 0.135. The molecule has 1 aliphatic heterocycles. The predicted molar refractivity (Wildman–Crippen MR) is 54.2 cm³/mol. The molecule has 2 unspecified atom stereocenters. The zero-order valence-corrected chi connectivity index (χ0v) is 9.12. The molecular formula is C11H20O3. The molecule has 0 spiro atoms. The van der Waals surface area contributed by atoms with Crippen molar-refractivity contribution in [1.82, 2.24) is 0 Å². The maximum atomic E-state index is 11.7. The number of ketones is 1. The van der Waals surface area contributed by atoms with Crippen LogP contribution in [0.15, 0.2) is 0 Å². The number of ether oxygens (including phenoxy) is 2. The van der Waals surface area contributed by atoms with Crippen molar-refractivity contribution in [3.63, 3.8) is 0 Å². The zero-order chi connectivity index (χ0) is 10.4. The van der Waals surface area contributed by atoms with Gasteiger partial charge in [0.05, 0.1) is 0 Å². The lowest BCUT2D eigenvalue weighted by molar-refractivity contribution is -0.123. The van der Waals surface area contributed by atoms with E-state index in [2.05, 4.69) is 0 Å². The van der Waals surface area contributed by atoms with Gasteiger partial charge >= 0.3 is 0 Å². The molecule has 14 heavy (non-hydrogen) atoms. The van der Waals surface area contributed by atoms with E-state index in [1.807, 2.05) is 6.92 Å². The summed E-state index contributed by atoms with van der Waals surface area (Å²) in [6, 6.07) is 0. The van der Waals surface area contributed by atoms with E-state index < -0.39 is 0 Å². The molecule has 1 fully saturated rings. The van der Waals surface area contributed by atoms with Crippen molar-refractivity contribution in [3.8, 4) is 0 Å². The molecule has 0 aromatic carbocycles. The molecular weight excluding hydrogens is 180 g/mol. The van der Waals surface area contributed by atoms with Gasteiger partial charge in [-0.1, -0.05) is 6.92 Å². The summed E-state index contributed by atoms with van der Waals surface area (Å²) in [7, 11) is 1.67. The highest BCUT2D eigenvalue weighted by molar-refractivity contribution is 5.80. The first-order valence-electron chi connectivity index (χ1n) is 5.33. The third kappa shape index (κ3) is 3.76. The third-order valence-corrected chi connectivity index (χ3v) is 2.82. The van der Waals surface area contributed by atoms with E-state index in [-0.39, 0.29) is 5.92 Å². The van der Waals surface area contributed by atoms with E-state index >= 15 is 0 Å². The van der Waals surface area contributed by atoms with Crippen molar-refractivity contribution in [3.05, 3.63) is 0 Å². The van der Waals surface area contributed by atoms with Gasteiger partial charge in [-0.25, -0.2) is 0 Å². The molecule has 1 saturated heterocycles. The number of carbonyl (C=O) groups excluding carboxylic acids is 1. The molecule has 0 N–H and O–H groups in total. The molecule has 3 nitrogen and oxygen atoms in total.